The van der Waals surface area contributed by atoms with Gasteiger partial charge in [-0.25, -0.2) is 9.97 Å². The summed E-state index contributed by atoms with van der Waals surface area (Å²) in [5, 5.41) is 8.55. The van der Waals surface area contributed by atoms with E-state index in [1.54, 1.807) is 6.07 Å². The van der Waals surface area contributed by atoms with Crippen molar-refractivity contribution in [2.75, 3.05) is 0 Å². The third-order valence-corrected chi connectivity index (χ3v) is 1.31. The summed E-state index contributed by atoms with van der Waals surface area (Å²) >= 11 is 5.55. The summed E-state index contributed by atoms with van der Waals surface area (Å²) < 4.78 is 0. The summed E-state index contributed by atoms with van der Waals surface area (Å²) in [7, 11) is 0. The second-order valence-corrected chi connectivity index (χ2v) is 2.44. The smallest absolute Gasteiger partial charge is 0.222 e. The molecule has 11 heavy (non-hydrogen) atoms. The van der Waals surface area contributed by atoms with Gasteiger partial charge >= 0.3 is 0 Å². The van der Waals surface area contributed by atoms with Crippen LogP contribution in [0.25, 0.3) is 0 Å². The molecule has 1 heterocycles. The molecular formula is C7H6ClN3. The average molecular weight is 168 g/mol. The minimum absolute atomic E-state index is 0.204. The van der Waals surface area contributed by atoms with Gasteiger partial charge in [0.25, 0.3) is 0 Å². The molecule has 0 aliphatic heterocycles. The molecule has 0 bridgehead atoms. The fourth-order valence-electron chi connectivity index (χ4n) is 0.766. The predicted molar refractivity (Wildman–Crippen MR) is 41.1 cm³/mol. The van der Waals surface area contributed by atoms with Crippen LogP contribution in [0.1, 0.15) is 11.4 Å². The monoisotopic (exact) mass is 167 g/mol. The topological polar surface area (TPSA) is 49.6 Å². The van der Waals surface area contributed by atoms with E-state index >= 15 is 0 Å². The molecule has 0 aliphatic rings. The first kappa shape index (κ1) is 7.96. The third kappa shape index (κ3) is 2.17. The number of aromatic nitrogens is 2. The highest BCUT2D eigenvalue weighted by atomic mass is 35.5. The first-order valence-electron chi connectivity index (χ1n) is 3.09. The van der Waals surface area contributed by atoms with Gasteiger partial charge in [0.2, 0.25) is 5.28 Å². The minimum Gasteiger partial charge on any atom is -0.223 e. The molecule has 4 heteroatoms. The molecule has 0 aromatic carbocycles. The van der Waals surface area contributed by atoms with E-state index in [0.717, 1.165) is 5.69 Å². The normalized spacial score (nSPS) is 9.18. The number of hydrogen-bond donors (Lipinski definition) is 0. The van der Waals surface area contributed by atoms with Crippen LogP contribution in [-0.4, -0.2) is 9.97 Å². The average Bonchev–Trinajstić information content (AvgIpc) is 1.85. The quantitative estimate of drug-likeness (QED) is 0.596. The molecule has 0 unspecified atom stereocenters. The van der Waals surface area contributed by atoms with Crippen molar-refractivity contribution in [3.8, 4) is 6.07 Å². The van der Waals surface area contributed by atoms with Crippen LogP contribution in [0.3, 0.4) is 0 Å². The van der Waals surface area contributed by atoms with E-state index in [1.165, 1.54) is 0 Å². The number of halogens is 1. The molecule has 0 atom stereocenters. The van der Waals surface area contributed by atoms with Crippen LogP contribution < -0.4 is 0 Å². The largest absolute Gasteiger partial charge is 0.223 e. The van der Waals surface area contributed by atoms with Gasteiger partial charge < -0.3 is 0 Å². The Hall–Kier alpha value is -1.14. The Bertz CT molecular complexity index is 283. The van der Waals surface area contributed by atoms with Gasteiger partial charge in [0.1, 0.15) is 0 Å². The Morgan fingerprint density at radius 2 is 2.36 bits per heavy atom. The van der Waals surface area contributed by atoms with Crippen molar-refractivity contribution in [3.05, 3.63) is 22.7 Å². The van der Waals surface area contributed by atoms with Crippen LogP contribution in [0.15, 0.2) is 6.07 Å². The summed E-state index contributed by atoms with van der Waals surface area (Å²) in [6.07, 6.45) is 0.281. The molecule has 0 N–H and O–H groups in total. The zero-order valence-electron chi connectivity index (χ0n) is 6.00. The fraction of sp³-hybridized carbons (Fsp3) is 0.286. The summed E-state index contributed by atoms with van der Waals surface area (Å²) in [6, 6.07) is 3.73. The lowest BCUT2D eigenvalue weighted by atomic mass is 10.3. The molecule has 0 spiro atoms. The third-order valence-electron chi connectivity index (χ3n) is 1.14. The first-order chi connectivity index (χ1) is 5.22. The van der Waals surface area contributed by atoms with E-state index in [-0.39, 0.29) is 11.7 Å². The zero-order valence-corrected chi connectivity index (χ0v) is 6.76. The van der Waals surface area contributed by atoms with Crippen molar-refractivity contribution in [1.82, 2.24) is 9.97 Å². The van der Waals surface area contributed by atoms with E-state index in [1.807, 2.05) is 13.0 Å². The van der Waals surface area contributed by atoms with Crippen LogP contribution in [0.5, 0.6) is 0 Å². The van der Waals surface area contributed by atoms with Crippen LogP contribution in [-0.2, 0) is 6.42 Å². The zero-order chi connectivity index (χ0) is 8.27. The second kappa shape index (κ2) is 3.31. The highest BCUT2D eigenvalue weighted by molar-refractivity contribution is 6.28. The molecule has 0 aliphatic carbocycles. The van der Waals surface area contributed by atoms with Gasteiger partial charge in [0, 0.05) is 5.69 Å². The van der Waals surface area contributed by atoms with E-state index in [9.17, 15) is 0 Å². The van der Waals surface area contributed by atoms with Crippen molar-refractivity contribution >= 4 is 11.6 Å². The van der Waals surface area contributed by atoms with Crippen molar-refractivity contribution < 1.29 is 0 Å². The lowest BCUT2D eigenvalue weighted by Crippen LogP contribution is -1.93. The van der Waals surface area contributed by atoms with E-state index in [0.29, 0.717) is 5.69 Å². The first-order valence-corrected chi connectivity index (χ1v) is 3.47. The molecule has 0 saturated heterocycles. The summed E-state index contributed by atoms with van der Waals surface area (Å²) in [5.74, 6) is 0. The minimum atomic E-state index is 0.204. The van der Waals surface area contributed by atoms with Crippen molar-refractivity contribution in [3.63, 3.8) is 0 Å². The molecule has 1 aromatic rings. The molecule has 1 aromatic heterocycles. The van der Waals surface area contributed by atoms with Gasteiger partial charge in [-0.3, -0.25) is 0 Å². The van der Waals surface area contributed by atoms with Gasteiger partial charge in [0.05, 0.1) is 18.2 Å². The number of aryl methyl sites for hydroxylation is 1. The number of rotatable bonds is 1. The molecule has 0 amide bonds. The Kier molecular flexibility index (Phi) is 2.40. The lowest BCUT2D eigenvalue weighted by Gasteiger charge is -1.95. The van der Waals surface area contributed by atoms with Crippen molar-refractivity contribution in [2.24, 2.45) is 0 Å². The van der Waals surface area contributed by atoms with Crippen LogP contribution in [0.2, 0.25) is 5.28 Å². The van der Waals surface area contributed by atoms with Gasteiger partial charge in [-0.05, 0) is 24.6 Å². The summed E-state index contributed by atoms with van der Waals surface area (Å²) in [6.45, 7) is 1.81. The molecule has 0 saturated carbocycles. The summed E-state index contributed by atoms with van der Waals surface area (Å²) in [4.78, 5) is 7.72. The van der Waals surface area contributed by atoms with Crippen molar-refractivity contribution in [2.45, 2.75) is 13.3 Å². The van der Waals surface area contributed by atoms with Gasteiger partial charge in [-0.15, -0.1) is 0 Å². The Labute approximate surface area is 69.7 Å². The predicted octanol–water partition coefficient (Wildman–Crippen LogP) is 1.50. The molecule has 1 rings (SSSR count). The molecule has 56 valence electrons. The van der Waals surface area contributed by atoms with E-state index in [2.05, 4.69) is 9.97 Å². The molecular weight excluding hydrogens is 162 g/mol. The Morgan fingerprint density at radius 1 is 1.64 bits per heavy atom. The van der Waals surface area contributed by atoms with Crippen LogP contribution in [0, 0.1) is 18.3 Å². The standard InChI is InChI=1S/C7H6ClN3/c1-5-4-6(2-3-9)11-7(8)10-5/h4H,2H2,1H3. The lowest BCUT2D eigenvalue weighted by molar-refractivity contribution is 1.02. The van der Waals surface area contributed by atoms with E-state index < -0.39 is 0 Å². The fourth-order valence-corrected chi connectivity index (χ4v) is 1.01. The molecule has 3 nitrogen and oxygen atoms in total. The Morgan fingerprint density at radius 3 is 2.91 bits per heavy atom. The summed E-state index contributed by atoms with van der Waals surface area (Å²) in [5.41, 5.74) is 1.46. The maximum Gasteiger partial charge on any atom is 0.222 e. The highest BCUT2D eigenvalue weighted by Gasteiger charge is 1.97. The van der Waals surface area contributed by atoms with Gasteiger partial charge in [-0.2, -0.15) is 5.26 Å². The molecule has 0 fully saturated rings. The highest BCUT2D eigenvalue weighted by Crippen LogP contribution is 2.04. The van der Waals surface area contributed by atoms with Gasteiger partial charge in [0.15, 0.2) is 0 Å². The number of nitriles is 1. The maximum absolute atomic E-state index is 8.35. The van der Waals surface area contributed by atoms with E-state index in [4.69, 9.17) is 16.9 Å². The van der Waals surface area contributed by atoms with Gasteiger partial charge in [-0.1, -0.05) is 0 Å². The van der Waals surface area contributed by atoms with Crippen LogP contribution in [0.4, 0.5) is 0 Å². The number of nitrogens with zero attached hydrogens (tertiary/aromatic N) is 3. The molecule has 0 radical (unpaired) electrons. The van der Waals surface area contributed by atoms with Crippen LogP contribution >= 0.6 is 11.6 Å². The Balaban J connectivity index is 3.01. The maximum atomic E-state index is 8.35. The van der Waals surface area contributed by atoms with Crippen molar-refractivity contribution in [1.29, 1.82) is 5.26 Å². The number of hydrogen-bond acceptors (Lipinski definition) is 3. The SMILES string of the molecule is Cc1cc(CC#N)nc(Cl)n1. The second-order valence-electron chi connectivity index (χ2n) is 2.10.